The van der Waals surface area contributed by atoms with Crippen LogP contribution in [0.3, 0.4) is 0 Å². The van der Waals surface area contributed by atoms with E-state index in [-0.39, 0.29) is 10.8 Å². The molecule has 10 heteroatoms. The first-order valence-electron chi connectivity index (χ1n) is 10.4. The van der Waals surface area contributed by atoms with Crippen LogP contribution < -0.4 is 15.5 Å². The Kier molecular flexibility index (Phi) is 6.57. The molecule has 1 fully saturated rings. The summed E-state index contributed by atoms with van der Waals surface area (Å²) < 4.78 is 29.3. The van der Waals surface area contributed by atoms with Crippen LogP contribution in [0, 0.1) is 0 Å². The Hall–Kier alpha value is -3.50. The molecule has 4 rings (SSSR count). The summed E-state index contributed by atoms with van der Waals surface area (Å²) in [7, 11) is -3.35. The molecule has 1 aliphatic rings. The number of carbonyl (C=O) groups is 1. The number of benzene rings is 1. The maximum atomic E-state index is 12.0. The molecule has 1 aromatic carbocycles. The van der Waals surface area contributed by atoms with Crippen molar-refractivity contribution in [2.24, 2.45) is 0 Å². The third kappa shape index (κ3) is 5.65. The SMILES string of the molecule is CC(=O)Nc1cc(Nc2cccc(S(C)(=O)=O)c2)c(-c2ccc(N3CCOCC3)cn2)cn1. The summed E-state index contributed by atoms with van der Waals surface area (Å²) in [4.78, 5) is 22.9. The number of carbonyl (C=O) groups excluding carboxylic acids is 1. The minimum Gasteiger partial charge on any atom is -0.378 e. The summed E-state index contributed by atoms with van der Waals surface area (Å²) in [6, 6.07) is 12.2. The molecule has 0 atom stereocenters. The van der Waals surface area contributed by atoms with Crippen molar-refractivity contribution in [1.82, 2.24) is 9.97 Å². The molecule has 1 saturated heterocycles. The third-order valence-electron chi connectivity index (χ3n) is 5.15. The quantitative estimate of drug-likeness (QED) is 0.569. The molecule has 1 aliphatic heterocycles. The number of morpholine rings is 1. The maximum Gasteiger partial charge on any atom is 0.222 e. The van der Waals surface area contributed by atoms with Gasteiger partial charge in [-0.3, -0.25) is 9.78 Å². The Bertz CT molecular complexity index is 1260. The number of aromatic nitrogens is 2. The van der Waals surface area contributed by atoms with Crippen molar-refractivity contribution in [2.45, 2.75) is 11.8 Å². The Morgan fingerprint density at radius 1 is 1.06 bits per heavy atom. The van der Waals surface area contributed by atoms with Gasteiger partial charge in [0, 0.05) is 49.8 Å². The van der Waals surface area contributed by atoms with Gasteiger partial charge in [-0.2, -0.15) is 0 Å². The van der Waals surface area contributed by atoms with Gasteiger partial charge in [0.2, 0.25) is 5.91 Å². The average Bonchev–Trinajstić information content (AvgIpc) is 2.79. The van der Waals surface area contributed by atoms with Crippen molar-refractivity contribution >= 4 is 38.6 Å². The monoisotopic (exact) mass is 467 g/mol. The second-order valence-corrected chi connectivity index (χ2v) is 9.74. The lowest BCUT2D eigenvalue weighted by atomic mass is 10.1. The van der Waals surface area contributed by atoms with Gasteiger partial charge in [-0.1, -0.05) is 6.07 Å². The van der Waals surface area contributed by atoms with Gasteiger partial charge in [0.25, 0.3) is 0 Å². The van der Waals surface area contributed by atoms with E-state index in [9.17, 15) is 13.2 Å². The van der Waals surface area contributed by atoms with Crippen LogP contribution in [-0.4, -0.2) is 56.9 Å². The van der Waals surface area contributed by atoms with Crippen molar-refractivity contribution in [2.75, 3.05) is 48.1 Å². The molecular formula is C23H25N5O4S. The summed E-state index contributed by atoms with van der Waals surface area (Å²) in [6.07, 6.45) is 4.61. The highest BCUT2D eigenvalue weighted by Crippen LogP contribution is 2.32. The van der Waals surface area contributed by atoms with Gasteiger partial charge >= 0.3 is 0 Å². The highest BCUT2D eigenvalue weighted by molar-refractivity contribution is 7.90. The van der Waals surface area contributed by atoms with Crippen LogP contribution in [0.25, 0.3) is 11.3 Å². The zero-order valence-corrected chi connectivity index (χ0v) is 19.2. The van der Waals surface area contributed by atoms with E-state index in [0.717, 1.165) is 18.8 Å². The van der Waals surface area contributed by atoms with Gasteiger partial charge in [-0.05, 0) is 30.3 Å². The highest BCUT2D eigenvalue weighted by Gasteiger charge is 2.15. The van der Waals surface area contributed by atoms with E-state index in [1.807, 2.05) is 18.3 Å². The number of pyridine rings is 2. The molecule has 33 heavy (non-hydrogen) atoms. The Balaban J connectivity index is 1.68. The summed E-state index contributed by atoms with van der Waals surface area (Å²) in [5, 5.41) is 5.92. The van der Waals surface area contributed by atoms with E-state index < -0.39 is 9.84 Å². The molecular weight excluding hydrogens is 442 g/mol. The second kappa shape index (κ2) is 9.55. The first kappa shape index (κ1) is 22.7. The molecule has 0 radical (unpaired) electrons. The molecule has 3 aromatic rings. The molecule has 172 valence electrons. The predicted molar refractivity (Wildman–Crippen MR) is 128 cm³/mol. The van der Waals surface area contributed by atoms with Gasteiger partial charge in [0.05, 0.1) is 41.4 Å². The number of nitrogens with zero attached hydrogens (tertiary/aromatic N) is 3. The van der Waals surface area contributed by atoms with Crippen molar-refractivity contribution in [1.29, 1.82) is 0 Å². The minimum absolute atomic E-state index is 0.207. The minimum atomic E-state index is -3.35. The molecule has 0 bridgehead atoms. The maximum absolute atomic E-state index is 12.0. The molecule has 9 nitrogen and oxygen atoms in total. The summed E-state index contributed by atoms with van der Waals surface area (Å²) in [6.45, 7) is 4.42. The van der Waals surface area contributed by atoms with Crippen LogP contribution in [0.1, 0.15) is 6.92 Å². The number of ether oxygens (including phenoxy) is 1. The number of nitrogens with one attached hydrogen (secondary N) is 2. The first-order valence-corrected chi connectivity index (χ1v) is 12.3. The van der Waals surface area contributed by atoms with Gasteiger partial charge < -0.3 is 20.3 Å². The Labute approximate surface area is 192 Å². The second-order valence-electron chi connectivity index (χ2n) is 7.72. The molecule has 1 amide bonds. The lowest BCUT2D eigenvalue weighted by Crippen LogP contribution is -2.36. The highest BCUT2D eigenvalue weighted by atomic mass is 32.2. The lowest BCUT2D eigenvalue weighted by molar-refractivity contribution is -0.114. The van der Waals surface area contributed by atoms with Crippen LogP contribution in [0.5, 0.6) is 0 Å². The third-order valence-corrected chi connectivity index (χ3v) is 6.26. The zero-order chi connectivity index (χ0) is 23.4. The molecule has 0 spiro atoms. The summed E-state index contributed by atoms with van der Waals surface area (Å²) in [5.41, 5.74) is 3.63. The first-order chi connectivity index (χ1) is 15.8. The van der Waals surface area contributed by atoms with Crippen molar-refractivity contribution < 1.29 is 17.9 Å². The smallest absolute Gasteiger partial charge is 0.222 e. The fourth-order valence-corrected chi connectivity index (χ4v) is 4.19. The lowest BCUT2D eigenvalue weighted by Gasteiger charge is -2.28. The van der Waals surface area contributed by atoms with E-state index >= 15 is 0 Å². The molecule has 0 unspecified atom stereocenters. The fraction of sp³-hybridized carbons (Fsp3) is 0.261. The van der Waals surface area contributed by atoms with Crippen LogP contribution in [0.15, 0.2) is 59.8 Å². The predicted octanol–water partition coefficient (Wildman–Crippen LogP) is 3.09. The van der Waals surface area contributed by atoms with Gasteiger partial charge in [0.15, 0.2) is 9.84 Å². The topological polar surface area (TPSA) is 114 Å². The number of amides is 1. The molecule has 0 aliphatic carbocycles. The largest absolute Gasteiger partial charge is 0.378 e. The van der Waals surface area contributed by atoms with Crippen molar-refractivity contribution in [3.63, 3.8) is 0 Å². The fourth-order valence-electron chi connectivity index (χ4n) is 3.53. The molecule has 3 heterocycles. The number of hydrogen-bond acceptors (Lipinski definition) is 8. The number of rotatable bonds is 6. The number of anilines is 4. The summed E-state index contributed by atoms with van der Waals surface area (Å²) in [5.74, 6) is 0.131. The van der Waals surface area contributed by atoms with E-state index in [2.05, 4.69) is 25.5 Å². The average molecular weight is 468 g/mol. The van der Waals surface area contributed by atoms with Crippen LogP contribution >= 0.6 is 0 Å². The Morgan fingerprint density at radius 3 is 2.52 bits per heavy atom. The molecule has 2 aromatic heterocycles. The summed E-state index contributed by atoms with van der Waals surface area (Å²) >= 11 is 0. The number of sulfone groups is 1. The van der Waals surface area contributed by atoms with E-state index in [1.54, 1.807) is 36.5 Å². The number of hydrogen-bond donors (Lipinski definition) is 2. The van der Waals surface area contributed by atoms with E-state index in [1.165, 1.54) is 13.2 Å². The standard InChI is InChI=1S/C23H25N5O4S/c1-16(29)26-23-13-22(27-17-4-3-5-19(12-17)33(2,30)31)20(15-25-23)21-7-6-18(14-24-21)28-8-10-32-11-9-28/h3-7,12-15H,8-11H2,1-2H3,(H2,25,26,27,29). The van der Waals surface area contributed by atoms with Crippen molar-refractivity contribution in [3.05, 3.63) is 54.9 Å². The van der Waals surface area contributed by atoms with Crippen molar-refractivity contribution in [3.8, 4) is 11.3 Å². The normalized spacial score (nSPS) is 14.1. The van der Waals surface area contributed by atoms with Crippen LogP contribution in [-0.2, 0) is 19.4 Å². The van der Waals surface area contributed by atoms with Crippen LogP contribution in [0.2, 0.25) is 0 Å². The van der Waals surface area contributed by atoms with E-state index in [4.69, 9.17) is 4.74 Å². The van der Waals surface area contributed by atoms with Gasteiger partial charge in [-0.15, -0.1) is 0 Å². The van der Waals surface area contributed by atoms with E-state index in [0.29, 0.717) is 41.7 Å². The molecule has 2 N–H and O–H groups in total. The molecule has 0 saturated carbocycles. The zero-order valence-electron chi connectivity index (χ0n) is 18.4. The van der Waals surface area contributed by atoms with Crippen LogP contribution in [0.4, 0.5) is 22.9 Å². The van der Waals surface area contributed by atoms with Gasteiger partial charge in [-0.25, -0.2) is 13.4 Å². The van der Waals surface area contributed by atoms with Gasteiger partial charge in [0.1, 0.15) is 5.82 Å². The Morgan fingerprint density at radius 2 is 1.85 bits per heavy atom.